The second-order valence-corrected chi connectivity index (χ2v) is 12.1. The van der Waals surface area contributed by atoms with E-state index in [1.54, 1.807) is 14.2 Å². The maximum Gasteiger partial charge on any atom is 0.144 e. The third-order valence-electron chi connectivity index (χ3n) is 8.78. The Morgan fingerprint density at radius 1 is 0.953 bits per heavy atom. The van der Waals surface area contributed by atoms with Crippen molar-refractivity contribution in [3.05, 3.63) is 77.9 Å². The van der Waals surface area contributed by atoms with Gasteiger partial charge in [-0.1, -0.05) is 37.3 Å². The molecular formula is C36H46N4O3. The highest BCUT2D eigenvalue weighted by Gasteiger charge is 2.45. The Morgan fingerprint density at radius 2 is 1.67 bits per heavy atom. The van der Waals surface area contributed by atoms with Crippen molar-refractivity contribution in [3.63, 3.8) is 0 Å². The van der Waals surface area contributed by atoms with E-state index >= 15 is 0 Å². The summed E-state index contributed by atoms with van der Waals surface area (Å²) >= 11 is 0. The maximum atomic E-state index is 14.4. The Kier molecular flexibility index (Phi) is 9.40. The SMILES string of the molecule is CCNCN1c2ccccc2N=C2CC(c3ccc(OC)cc3)CC(=O)C2C1c1ccc(N(C(C)C)C(C)C)cc1OC. The van der Waals surface area contributed by atoms with E-state index in [0.29, 0.717) is 25.2 Å². The molecule has 0 radical (unpaired) electrons. The van der Waals surface area contributed by atoms with Crippen LogP contribution < -0.4 is 24.6 Å². The minimum absolute atomic E-state index is 0.0662. The minimum atomic E-state index is -0.397. The van der Waals surface area contributed by atoms with Gasteiger partial charge in [-0.3, -0.25) is 9.79 Å². The molecule has 7 heteroatoms. The van der Waals surface area contributed by atoms with Gasteiger partial charge in [-0.2, -0.15) is 0 Å². The molecule has 0 amide bonds. The van der Waals surface area contributed by atoms with Gasteiger partial charge in [-0.05, 0) is 82.5 Å². The van der Waals surface area contributed by atoms with Gasteiger partial charge in [0.05, 0.1) is 44.2 Å². The molecule has 1 saturated carbocycles. The number of Topliss-reactive ketones (excluding diaryl/α,β-unsaturated/α-hetero) is 1. The fraction of sp³-hybridized carbons (Fsp3) is 0.444. The van der Waals surface area contributed by atoms with Gasteiger partial charge in [0.15, 0.2) is 0 Å². The first-order valence-electron chi connectivity index (χ1n) is 15.5. The molecule has 0 aromatic heterocycles. The van der Waals surface area contributed by atoms with Crippen LogP contribution in [0.4, 0.5) is 17.1 Å². The molecule has 1 N–H and O–H groups in total. The number of aliphatic imine (C=N–C) groups is 1. The number of para-hydroxylation sites is 2. The molecule has 2 aliphatic rings. The molecule has 1 aliphatic carbocycles. The average molecular weight is 583 g/mol. The van der Waals surface area contributed by atoms with Gasteiger partial charge in [-0.25, -0.2) is 0 Å². The highest BCUT2D eigenvalue weighted by Crippen LogP contribution is 2.49. The van der Waals surface area contributed by atoms with Gasteiger partial charge in [0.1, 0.15) is 17.3 Å². The maximum absolute atomic E-state index is 14.4. The summed E-state index contributed by atoms with van der Waals surface area (Å²) in [4.78, 5) is 24.4. The summed E-state index contributed by atoms with van der Waals surface area (Å²) in [6, 6.07) is 23.2. The van der Waals surface area contributed by atoms with Crippen LogP contribution in [0.1, 0.15) is 70.5 Å². The first-order chi connectivity index (χ1) is 20.8. The number of ether oxygens (including phenoxy) is 2. The monoisotopic (exact) mass is 582 g/mol. The van der Waals surface area contributed by atoms with Gasteiger partial charge in [0, 0.05) is 41.5 Å². The van der Waals surface area contributed by atoms with Crippen molar-refractivity contribution < 1.29 is 14.3 Å². The number of hydrogen-bond acceptors (Lipinski definition) is 7. The smallest absolute Gasteiger partial charge is 0.144 e. The molecule has 1 heterocycles. The van der Waals surface area contributed by atoms with E-state index < -0.39 is 5.92 Å². The number of nitrogens with zero attached hydrogens (tertiary/aromatic N) is 3. The molecule has 7 nitrogen and oxygen atoms in total. The van der Waals surface area contributed by atoms with E-state index in [2.05, 4.69) is 98.3 Å². The number of benzene rings is 3. The molecule has 3 aromatic carbocycles. The van der Waals surface area contributed by atoms with Crippen LogP contribution in [0.25, 0.3) is 0 Å². The fourth-order valence-corrected chi connectivity index (χ4v) is 6.94. The van der Waals surface area contributed by atoms with Crippen LogP contribution in [0.5, 0.6) is 11.5 Å². The molecule has 0 saturated heterocycles. The third kappa shape index (κ3) is 6.14. The third-order valence-corrected chi connectivity index (χ3v) is 8.78. The second kappa shape index (κ2) is 13.2. The van der Waals surface area contributed by atoms with Crippen LogP contribution in [0.15, 0.2) is 71.7 Å². The Balaban J connectivity index is 1.65. The van der Waals surface area contributed by atoms with E-state index in [0.717, 1.165) is 58.4 Å². The first kappa shape index (κ1) is 30.6. The summed E-state index contributed by atoms with van der Waals surface area (Å²) in [6.45, 7) is 12.3. The second-order valence-electron chi connectivity index (χ2n) is 12.1. The zero-order valence-electron chi connectivity index (χ0n) is 26.6. The number of rotatable bonds is 10. The topological polar surface area (TPSA) is 66.4 Å². The fourth-order valence-electron chi connectivity index (χ4n) is 6.94. The number of nitrogens with one attached hydrogen (secondary N) is 1. The number of hydrogen-bond donors (Lipinski definition) is 1. The highest BCUT2D eigenvalue weighted by atomic mass is 16.5. The number of carbonyl (C=O) groups excluding carboxylic acids is 1. The molecule has 3 atom stereocenters. The van der Waals surface area contributed by atoms with Crippen molar-refractivity contribution in [2.45, 2.75) is 71.5 Å². The predicted octanol–water partition coefficient (Wildman–Crippen LogP) is 7.29. The molecule has 228 valence electrons. The Hall–Kier alpha value is -3.84. The molecule has 0 spiro atoms. The molecule has 5 rings (SSSR count). The molecule has 1 fully saturated rings. The van der Waals surface area contributed by atoms with Crippen molar-refractivity contribution in [1.29, 1.82) is 0 Å². The summed E-state index contributed by atoms with van der Waals surface area (Å²) in [5.74, 6) is 1.48. The number of carbonyl (C=O) groups is 1. The van der Waals surface area contributed by atoms with E-state index in [-0.39, 0.29) is 17.7 Å². The normalized spacial score (nSPS) is 19.9. The number of fused-ring (bicyclic) bond motifs is 2. The van der Waals surface area contributed by atoms with Crippen molar-refractivity contribution in [2.75, 3.05) is 37.2 Å². The Bertz CT molecular complexity index is 1440. The van der Waals surface area contributed by atoms with Gasteiger partial charge in [-0.15, -0.1) is 0 Å². The van der Waals surface area contributed by atoms with Gasteiger partial charge >= 0.3 is 0 Å². The summed E-state index contributed by atoms with van der Waals surface area (Å²) in [6.07, 6.45) is 1.18. The summed E-state index contributed by atoms with van der Waals surface area (Å²) in [5.41, 5.74) is 6.10. The van der Waals surface area contributed by atoms with Crippen LogP contribution in [0.2, 0.25) is 0 Å². The van der Waals surface area contributed by atoms with Crippen LogP contribution in [0.3, 0.4) is 0 Å². The Labute approximate surface area is 256 Å². The zero-order chi connectivity index (χ0) is 30.7. The van der Waals surface area contributed by atoms with Gasteiger partial charge < -0.3 is 24.6 Å². The van der Waals surface area contributed by atoms with E-state index in [4.69, 9.17) is 14.5 Å². The minimum Gasteiger partial charge on any atom is -0.497 e. The number of methoxy groups -OCH3 is 2. The highest BCUT2D eigenvalue weighted by molar-refractivity contribution is 6.11. The molecular weight excluding hydrogens is 536 g/mol. The standard InChI is InChI=1S/C36H46N4O3/c1-8-37-22-39-32-12-10-9-11-30(32)38-31-19-26(25-13-16-28(42-6)17-14-25)20-33(41)35(31)36(39)29-18-15-27(21-34(29)43-7)40(23(2)3)24(4)5/h9-18,21,23-24,26,35-37H,8,19-20,22H2,1-7H3. The van der Waals surface area contributed by atoms with Crippen molar-refractivity contribution >= 4 is 28.6 Å². The van der Waals surface area contributed by atoms with Crippen LogP contribution in [0, 0.1) is 5.92 Å². The molecule has 3 aromatic rings. The molecule has 0 bridgehead atoms. The van der Waals surface area contributed by atoms with Crippen molar-refractivity contribution in [3.8, 4) is 11.5 Å². The number of anilines is 2. The van der Waals surface area contributed by atoms with Crippen molar-refractivity contribution in [2.24, 2.45) is 10.9 Å². The largest absolute Gasteiger partial charge is 0.497 e. The van der Waals surface area contributed by atoms with E-state index in [9.17, 15) is 4.79 Å². The molecule has 3 unspecified atom stereocenters. The van der Waals surface area contributed by atoms with E-state index in [1.807, 2.05) is 18.2 Å². The first-order valence-corrected chi connectivity index (χ1v) is 15.5. The van der Waals surface area contributed by atoms with Crippen molar-refractivity contribution in [1.82, 2.24) is 5.32 Å². The summed E-state index contributed by atoms with van der Waals surface area (Å²) in [5, 5.41) is 3.54. The van der Waals surface area contributed by atoms with E-state index in [1.165, 1.54) is 0 Å². The lowest BCUT2D eigenvalue weighted by molar-refractivity contribution is -0.122. The Morgan fingerprint density at radius 3 is 2.33 bits per heavy atom. The zero-order valence-corrected chi connectivity index (χ0v) is 26.6. The lowest BCUT2D eigenvalue weighted by Gasteiger charge is -2.41. The summed E-state index contributed by atoms with van der Waals surface area (Å²) < 4.78 is 11.5. The average Bonchev–Trinajstić information content (AvgIpc) is 3.14. The van der Waals surface area contributed by atoms with Gasteiger partial charge in [0.25, 0.3) is 0 Å². The lowest BCUT2D eigenvalue weighted by atomic mass is 9.72. The quantitative estimate of drug-likeness (QED) is 0.271. The van der Waals surface area contributed by atoms with Gasteiger partial charge in [0.2, 0.25) is 0 Å². The lowest BCUT2D eigenvalue weighted by Crippen LogP contribution is -2.46. The van der Waals surface area contributed by atoms with Crippen LogP contribution >= 0.6 is 0 Å². The summed E-state index contributed by atoms with van der Waals surface area (Å²) in [7, 11) is 3.40. The molecule has 43 heavy (non-hydrogen) atoms. The number of ketones is 1. The van der Waals surface area contributed by atoms with Crippen LogP contribution in [-0.2, 0) is 4.79 Å². The predicted molar refractivity (Wildman–Crippen MR) is 177 cm³/mol. The molecule has 1 aliphatic heterocycles. The van der Waals surface area contributed by atoms with Crippen LogP contribution in [-0.4, -0.2) is 51.0 Å².